The van der Waals surface area contributed by atoms with Crippen LogP contribution in [0.3, 0.4) is 0 Å². The molecule has 0 radical (unpaired) electrons. The molecule has 0 aliphatic heterocycles. The smallest absolute Gasteiger partial charge is 0.229 e. The van der Waals surface area contributed by atoms with Gasteiger partial charge in [-0.3, -0.25) is 4.79 Å². The number of anilines is 1. The van der Waals surface area contributed by atoms with Crippen LogP contribution in [0.1, 0.15) is 44.4 Å². The highest BCUT2D eigenvalue weighted by Crippen LogP contribution is 2.30. The highest BCUT2D eigenvalue weighted by atomic mass is 32.1. The molecule has 0 aliphatic rings. The highest BCUT2D eigenvalue weighted by Gasteiger charge is 2.18. The minimum Gasteiger partial charge on any atom is -0.302 e. The van der Waals surface area contributed by atoms with Gasteiger partial charge in [0.15, 0.2) is 5.13 Å². The van der Waals surface area contributed by atoms with E-state index >= 15 is 0 Å². The zero-order valence-electron chi connectivity index (χ0n) is 13.6. The van der Waals surface area contributed by atoms with E-state index in [-0.39, 0.29) is 11.8 Å². The first-order valence-electron chi connectivity index (χ1n) is 7.99. The van der Waals surface area contributed by atoms with Crippen LogP contribution in [-0.2, 0) is 4.79 Å². The van der Waals surface area contributed by atoms with Gasteiger partial charge in [0.05, 0.1) is 5.69 Å². The van der Waals surface area contributed by atoms with Crippen molar-refractivity contribution < 1.29 is 4.79 Å². The average molecular weight is 316 g/mol. The largest absolute Gasteiger partial charge is 0.302 e. The molecule has 1 aromatic carbocycles. The van der Waals surface area contributed by atoms with Gasteiger partial charge in [0.2, 0.25) is 5.91 Å². The number of nitrogens with one attached hydrogen (secondary N) is 1. The lowest BCUT2D eigenvalue weighted by atomic mass is 9.99. The zero-order valence-corrected chi connectivity index (χ0v) is 14.4. The fraction of sp³-hybridized carbons (Fsp3) is 0.444. The first-order chi connectivity index (χ1) is 10.7. The molecule has 0 saturated heterocycles. The highest BCUT2D eigenvalue weighted by molar-refractivity contribution is 7.16. The maximum Gasteiger partial charge on any atom is 0.229 e. The van der Waals surface area contributed by atoms with Gasteiger partial charge in [-0.05, 0) is 19.8 Å². The molecule has 0 fully saturated rings. The number of hydrogen-bond donors (Lipinski definition) is 1. The number of amides is 1. The first kappa shape index (κ1) is 16.7. The average Bonchev–Trinajstić information content (AvgIpc) is 2.89. The molecule has 1 heterocycles. The Balaban J connectivity index is 2.09. The van der Waals surface area contributed by atoms with E-state index in [1.54, 1.807) is 11.3 Å². The summed E-state index contributed by atoms with van der Waals surface area (Å²) in [5, 5.41) is 3.71. The second-order valence-electron chi connectivity index (χ2n) is 5.53. The molecule has 2 aromatic rings. The summed E-state index contributed by atoms with van der Waals surface area (Å²) in [6.07, 6.45) is 4.05. The van der Waals surface area contributed by atoms with Crippen molar-refractivity contribution in [1.82, 2.24) is 4.98 Å². The van der Waals surface area contributed by atoms with Crippen LogP contribution in [-0.4, -0.2) is 10.9 Å². The predicted octanol–water partition coefficient (Wildman–Crippen LogP) is 5.27. The molecule has 22 heavy (non-hydrogen) atoms. The Labute approximate surface area is 136 Å². The van der Waals surface area contributed by atoms with E-state index in [9.17, 15) is 4.79 Å². The van der Waals surface area contributed by atoms with Crippen molar-refractivity contribution >= 4 is 22.4 Å². The van der Waals surface area contributed by atoms with Gasteiger partial charge < -0.3 is 5.32 Å². The topological polar surface area (TPSA) is 42.0 Å². The second kappa shape index (κ2) is 8.08. The van der Waals surface area contributed by atoms with Crippen molar-refractivity contribution in [3.63, 3.8) is 0 Å². The predicted molar refractivity (Wildman–Crippen MR) is 94.2 cm³/mol. The Bertz CT molecular complexity index is 607. The van der Waals surface area contributed by atoms with Gasteiger partial charge in [0, 0.05) is 16.4 Å². The van der Waals surface area contributed by atoms with E-state index in [2.05, 4.69) is 24.1 Å². The molecular formula is C18H24N2OS. The van der Waals surface area contributed by atoms with Crippen molar-refractivity contribution in [2.45, 2.75) is 46.5 Å². The van der Waals surface area contributed by atoms with Crippen molar-refractivity contribution in [1.29, 1.82) is 0 Å². The van der Waals surface area contributed by atoms with Gasteiger partial charge in [0.25, 0.3) is 0 Å². The summed E-state index contributed by atoms with van der Waals surface area (Å²) in [6, 6.07) is 10.1. The molecule has 1 aromatic heterocycles. The van der Waals surface area contributed by atoms with Gasteiger partial charge in [-0.15, -0.1) is 11.3 Å². The lowest BCUT2D eigenvalue weighted by molar-refractivity contribution is -0.120. The van der Waals surface area contributed by atoms with E-state index in [4.69, 9.17) is 0 Å². The van der Waals surface area contributed by atoms with E-state index < -0.39 is 0 Å². The molecule has 3 nitrogen and oxygen atoms in total. The van der Waals surface area contributed by atoms with E-state index in [0.29, 0.717) is 5.13 Å². The van der Waals surface area contributed by atoms with Crippen LogP contribution in [0.2, 0.25) is 0 Å². The Kier molecular flexibility index (Phi) is 6.13. The minimum atomic E-state index is 0.0873. The van der Waals surface area contributed by atoms with Gasteiger partial charge in [-0.25, -0.2) is 4.98 Å². The normalized spacial score (nSPS) is 12.1. The summed E-state index contributed by atoms with van der Waals surface area (Å²) in [6.45, 7) is 6.27. The molecule has 1 N–H and O–H groups in total. The second-order valence-corrected chi connectivity index (χ2v) is 6.73. The molecule has 1 atom stereocenters. The fourth-order valence-electron chi connectivity index (χ4n) is 2.49. The number of hydrogen-bond acceptors (Lipinski definition) is 3. The molecule has 2 rings (SSSR count). The molecule has 0 saturated carbocycles. The minimum absolute atomic E-state index is 0.0873. The Morgan fingerprint density at radius 3 is 2.64 bits per heavy atom. The molecule has 0 aliphatic carbocycles. The summed E-state index contributed by atoms with van der Waals surface area (Å²) < 4.78 is 0. The summed E-state index contributed by atoms with van der Waals surface area (Å²) in [5.74, 6) is 0.189. The number of aromatic nitrogens is 1. The zero-order chi connectivity index (χ0) is 15.9. The number of benzene rings is 1. The quantitative estimate of drug-likeness (QED) is 0.755. The molecule has 0 bridgehead atoms. The Morgan fingerprint density at radius 2 is 2.00 bits per heavy atom. The van der Waals surface area contributed by atoms with E-state index in [1.807, 2.05) is 37.3 Å². The van der Waals surface area contributed by atoms with Gasteiger partial charge in [-0.1, -0.05) is 57.0 Å². The number of unbranched alkanes of at least 4 members (excludes halogenated alkanes) is 1. The lowest BCUT2D eigenvalue weighted by Crippen LogP contribution is -2.22. The van der Waals surface area contributed by atoms with Gasteiger partial charge >= 0.3 is 0 Å². The molecule has 0 unspecified atom stereocenters. The molecule has 4 heteroatoms. The van der Waals surface area contributed by atoms with Crippen molar-refractivity contribution in [3.8, 4) is 11.3 Å². The maximum atomic E-state index is 12.4. The van der Waals surface area contributed by atoms with Crippen LogP contribution in [0.15, 0.2) is 30.3 Å². The number of carbonyl (C=O) groups excluding carboxylic acids is 1. The Hall–Kier alpha value is -1.68. The molecule has 0 spiro atoms. The Morgan fingerprint density at radius 1 is 1.27 bits per heavy atom. The number of nitrogens with zero attached hydrogens (tertiary/aromatic N) is 1. The van der Waals surface area contributed by atoms with E-state index in [1.165, 1.54) is 0 Å². The maximum absolute atomic E-state index is 12.4. The SMILES string of the molecule is CCCC[C@H](CC)C(=O)Nc1nc(-c2ccccc2)c(C)s1. The van der Waals surface area contributed by atoms with Gasteiger partial charge in [0.1, 0.15) is 0 Å². The number of rotatable bonds is 7. The lowest BCUT2D eigenvalue weighted by Gasteiger charge is -2.12. The van der Waals surface area contributed by atoms with Crippen LogP contribution in [0, 0.1) is 12.8 Å². The standard InChI is InChI=1S/C18H24N2OS/c1-4-6-10-14(5-2)17(21)20-18-19-16(13(3)22-18)15-11-8-7-9-12-15/h7-9,11-12,14H,4-6,10H2,1-3H3,(H,19,20,21)/t14-/m0/s1. The number of aryl methyl sites for hydroxylation is 1. The number of thiazole rings is 1. The monoisotopic (exact) mass is 316 g/mol. The van der Waals surface area contributed by atoms with Crippen LogP contribution >= 0.6 is 11.3 Å². The van der Waals surface area contributed by atoms with Crippen LogP contribution in [0.25, 0.3) is 11.3 Å². The van der Waals surface area contributed by atoms with E-state index in [0.717, 1.165) is 41.8 Å². The molecule has 118 valence electrons. The first-order valence-corrected chi connectivity index (χ1v) is 8.81. The van der Waals surface area contributed by atoms with Crippen LogP contribution in [0.4, 0.5) is 5.13 Å². The van der Waals surface area contributed by atoms with Crippen molar-refractivity contribution in [2.24, 2.45) is 5.92 Å². The molecular weight excluding hydrogens is 292 g/mol. The van der Waals surface area contributed by atoms with Crippen LogP contribution < -0.4 is 5.32 Å². The third-order valence-corrected chi connectivity index (χ3v) is 4.73. The third-order valence-electron chi connectivity index (χ3n) is 3.84. The van der Waals surface area contributed by atoms with Crippen molar-refractivity contribution in [2.75, 3.05) is 5.32 Å². The van der Waals surface area contributed by atoms with Gasteiger partial charge in [-0.2, -0.15) is 0 Å². The summed E-state index contributed by atoms with van der Waals surface area (Å²) in [7, 11) is 0. The summed E-state index contributed by atoms with van der Waals surface area (Å²) >= 11 is 1.55. The van der Waals surface area contributed by atoms with Crippen LogP contribution in [0.5, 0.6) is 0 Å². The van der Waals surface area contributed by atoms with Crippen molar-refractivity contribution in [3.05, 3.63) is 35.2 Å². The fourth-order valence-corrected chi connectivity index (χ4v) is 3.33. The third kappa shape index (κ3) is 4.17. The summed E-state index contributed by atoms with van der Waals surface area (Å²) in [5.41, 5.74) is 2.05. The number of carbonyl (C=O) groups is 1. The summed E-state index contributed by atoms with van der Waals surface area (Å²) in [4.78, 5) is 18.1. The molecule has 1 amide bonds.